The van der Waals surface area contributed by atoms with Gasteiger partial charge in [-0.2, -0.15) is 13.2 Å². The van der Waals surface area contributed by atoms with E-state index >= 15 is 0 Å². The van der Waals surface area contributed by atoms with Gasteiger partial charge in [-0.15, -0.1) is 11.3 Å². The normalized spacial score (nSPS) is 19.4. The number of carbonyl (C=O) groups is 1. The molecule has 2 rings (SSSR count). The Labute approximate surface area is 107 Å². The summed E-state index contributed by atoms with van der Waals surface area (Å²) >= 11 is 1.23. The first-order chi connectivity index (χ1) is 8.43. The molecule has 1 aliphatic carbocycles. The third-order valence-electron chi connectivity index (χ3n) is 3.11. The number of carbonyl (C=O) groups excluding carboxylic acids is 1. The molecule has 0 fully saturated rings. The third-order valence-corrected chi connectivity index (χ3v) is 4.16. The van der Waals surface area contributed by atoms with Crippen LogP contribution < -0.4 is 0 Å². The molecule has 1 aromatic rings. The lowest BCUT2D eigenvalue weighted by Gasteiger charge is -2.24. The summed E-state index contributed by atoms with van der Waals surface area (Å²) < 4.78 is 42.8. The first-order valence-electron chi connectivity index (χ1n) is 5.76. The average molecular weight is 278 g/mol. The van der Waals surface area contributed by atoms with Gasteiger partial charge in [0.1, 0.15) is 0 Å². The Morgan fingerprint density at radius 2 is 2.28 bits per heavy atom. The summed E-state index contributed by atoms with van der Waals surface area (Å²) in [6, 6.07) is 0. The highest BCUT2D eigenvalue weighted by molar-refractivity contribution is 7.10. The molecule has 0 bridgehead atoms. The fourth-order valence-corrected chi connectivity index (χ4v) is 3.32. The van der Waals surface area contributed by atoms with E-state index in [0.29, 0.717) is 16.9 Å². The first-order valence-corrected chi connectivity index (χ1v) is 6.64. The first kappa shape index (κ1) is 13.4. The maximum atomic E-state index is 12.6. The minimum absolute atomic E-state index is 0.0110. The number of fused-ring (bicyclic) bond motifs is 1. The van der Waals surface area contributed by atoms with Crippen molar-refractivity contribution in [3.63, 3.8) is 0 Å². The van der Waals surface area contributed by atoms with E-state index in [-0.39, 0.29) is 19.4 Å². The predicted octanol–water partition coefficient (Wildman–Crippen LogP) is 3.59. The van der Waals surface area contributed by atoms with Crippen molar-refractivity contribution in [1.82, 2.24) is 0 Å². The topological polar surface area (TPSA) is 26.3 Å². The maximum Gasteiger partial charge on any atom is 0.392 e. The molecule has 0 spiro atoms. The number of ether oxygens (including phenoxy) is 1. The molecule has 1 unspecified atom stereocenters. The van der Waals surface area contributed by atoms with Crippen molar-refractivity contribution < 1.29 is 22.7 Å². The monoisotopic (exact) mass is 278 g/mol. The molecule has 0 amide bonds. The standard InChI is InChI=1S/C12H13F3O2S/c1-2-17-11(16)9-6-18-10-5-7(12(13,14)15)3-4-8(9)10/h6-7H,2-5H2,1H3. The Morgan fingerprint density at radius 3 is 2.89 bits per heavy atom. The summed E-state index contributed by atoms with van der Waals surface area (Å²) in [6.45, 7) is 1.98. The van der Waals surface area contributed by atoms with Gasteiger partial charge < -0.3 is 4.74 Å². The van der Waals surface area contributed by atoms with Gasteiger partial charge in [0.2, 0.25) is 0 Å². The van der Waals surface area contributed by atoms with E-state index in [0.717, 1.165) is 5.56 Å². The number of thiophene rings is 1. The van der Waals surface area contributed by atoms with Gasteiger partial charge in [0.05, 0.1) is 18.1 Å². The van der Waals surface area contributed by atoms with Gasteiger partial charge in [0, 0.05) is 10.3 Å². The fourth-order valence-electron chi connectivity index (χ4n) is 2.17. The molecule has 1 atom stereocenters. The Hall–Kier alpha value is -1.04. The Morgan fingerprint density at radius 1 is 1.56 bits per heavy atom. The van der Waals surface area contributed by atoms with E-state index in [9.17, 15) is 18.0 Å². The van der Waals surface area contributed by atoms with Crippen molar-refractivity contribution in [3.8, 4) is 0 Å². The molecule has 0 saturated carbocycles. The number of hydrogen-bond acceptors (Lipinski definition) is 3. The maximum absolute atomic E-state index is 12.6. The second kappa shape index (κ2) is 4.91. The van der Waals surface area contributed by atoms with Gasteiger partial charge in [-0.1, -0.05) is 0 Å². The summed E-state index contributed by atoms with van der Waals surface area (Å²) in [6.07, 6.45) is -3.80. The Balaban J connectivity index is 2.20. The largest absolute Gasteiger partial charge is 0.462 e. The van der Waals surface area contributed by atoms with Crippen LogP contribution in [-0.4, -0.2) is 18.8 Å². The van der Waals surface area contributed by atoms with Crippen LogP contribution in [-0.2, 0) is 17.6 Å². The summed E-state index contributed by atoms with van der Waals surface area (Å²) in [5.74, 6) is -1.71. The number of hydrogen-bond donors (Lipinski definition) is 0. The van der Waals surface area contributed by atoms with E-state index in [1.54, 1.807) is 12.3 Å². The number of esters is 1. The van der Waals surface area contributed by atoms with Crippen LogP contribution in [0.25, 0.3) is 0 Å². The Bertz CT molecular complexity index is 451. The lowest BCUT2D eigenvalue weighted by Crippen LogP contribution is -2.28. The molecule has 0 radical (unpaired) electrons. The smallest absolute Gasteiger partial charge is 0.392 e. The van der Waals surface area contributed by atoms with Gasteiger partial charge in [0.15, 0.2) is 0 Å². The highest BCUT2D eigenvalue weighted by Gasteiger charge is 2.42. The summed E-state index contributed by atoms with van der Waals surface area (Å²) in [7, 11) is 0. The van der Waals surface area contributed by atoms with Crippen molar-refractivity contribution in [3.05, 3.63) is 21.4 Å². The second-order valence-electron chi connectivity index (χ2n) is 4.25. The molecule has 0 aromatic carbocycles. The van der Waals surface area contributed by atoms with Crippen molar-refractivity contribution in [2.45, 2.75) is 32.4 Å². The average Bonchev–Trinajstić information content (AvgIpc) is 2.70. The molecule has 1 aromatic heterocycles. The molecule has 6 heteroatoms. The lowest BCUT2D eigenvalue weighted by molar-refractivity contribution is -0.176. The van der Waals surface area contributed by atoms with Crippen LogP contribution in [0.5, 0.6) is 0 Å². The molecule has 0 saturated heterocycles. The molecule has 18 heavy (non-hydrogen) atoms. The second-order valence-corrected chi connectivity index (χ2v) is 5.22. The van der Waals surface area contributed by atoms with E-state index in [1.165, 1.54) is 11.3 Å². The van der Waals surface area contributed by atoms with Crippen LogP contribution in [0.4, 0.5) is 13.2 Å². The van der Waals surface area contributed by atoms with E-state index in [4.69, 9.17) is 4.74 Å². The highest BCUT2D eigenvalue weighted by atomic mass is 32.1. The third kappa shape index (κ3) is 2.53. The van der Waals surface area contributed by atoms with Crippen molar-refractivity contribution in [1.29, 1.82) is 0 Å². The van der Waals surface area contributed by atoms with Crippen molar-refractivity contribution in [2.75, 3.05) is 6.61 Å². The number of rotatable bonds is 2. The predicted molar refractivity (Wildman–Crippen MR) is 61.8 cm³/mol. The molecule has 2 nitrogen and oxygen atoms in total. The van der Waals surface area contributed by atoms with Crippen molar-refractivity contribution in [2.24, 2.45) is 5.92 Å². The van der Waals surface area contributed by atoms with Crippen molar-refractivity contribution >= 4 is 17.3 Å². The Kier molecular flexibility index (Phi) is 3.66. The highest BCUT2D eigenvalue weighted by Crippen LogP contribution is 2.40. The molecule has 0 N–H and O–H groups in total. The summed E-state index contributed by atoms with van der Waals surface area (Å²) in [5.41, 5.74) is 1.19. The zero-order valence-corrected chi connectivity index (χ0v) is 10.7. The van der Waals surface area contributed by atoms with Crippen LogP contribution in [0.15, 0.2) is 5.38 Å². The number of alkyl halides is 3. The van der Waals surface area contributed by atoms with Gasteiger partial charge >= 0.3 is 12.1 Å². The van der Waals surface area contributed by atoms with Crippen LogP contribution in [0.2, 0.25) is 0 Å². The molecule has 1 heterocycles. The zero-order chi connectivity index (χ0) is 13.3. The molecule has 1 aliphatic rings. The molecule has 0 aliphatic heterocycles. The SMILES string of the molecule is CCOC(=O)c1csc2c1CCC(C(F)(F)F)C2. The van der Waals surface area contributed by atoms with E-state index in [1.807, 2.05) is 0 Å². The van der Waals surface area contributed by atoms with Gasteiger partial charge in [-0.05, 0) is 31.7 Å². The van der Waals surface area contributed by atoms with Gasteiger partial charge in [0.25, 0.3) is 0 Å². The molecular formula is C12H13F3O2S. The number of halogens is 3. The van der Waals surface area contributed by atoms with Crippen LogP contribution in [0.1, 0.15) is 34.1 Å². The van der Waals surface area contributed by atoms with E-state index in [2.05, 4.69) is 0 Å². The zero-order valence-electron chi connectivity index (χ0n) is 9.84. The van der Waals surface area contributed by atoms with Crippen LogP contribution in [0, 0.1) is 5.92 Å². The minimum Gasteiger partial charge on any atom is -0.462 e. The van der Waals surface area contributed by atoms with Gasteiger partial charge in [-0.3, -0.25) is 0 Å². The van der Waals surface area contributed by atoms with Crippen LogP contribution in [0.3, 0.4) is 0 Å². The molecular weight excluding hydrogens is 265 g/mol. The quantitative estimate of drug-likeness (QED) is 0.773. The minimum atomic E-state index is -4.15. The molecule has 100 valence electrons. The van der Waals surface area contributed by atoms with E-state index < -0.39 is 18.1 Å². The van der Waals surface area contributed by atoms with Crippen LogP contribution >= 0.6 is 11.3 Å². The van der Waals surface area contributed by atoms with Gasteiger partial charge in [-0.25, -0.2) is 4.79 Å². The summed E-state index contributed by atoms with van der Waals surface area (Å²) in [5, 5.41) is 1.61. The fraction of sp³-hybridized carbons (Fsp3) is 0.583. The lowest BCUT2D eigenvalue weighted by atomic mass is 9.87. The summed E-state index contributed by atoms with van der Waals surface area (Å²) in [4.78, 5) is 12.3.